The van der Waals surface area contributed by atoms with Gasteiger partial charge < -0.3 is 14.9 Å². The van der Waals surface area contributed by atoms with Crippen LogP contribution in [0.2, 0.25) is 18.1 Å². The van der Waals surface area contributed by atoms with Crippen molar-refractivity contribution < 1.29 is 9.16 Å². The molecule has 4 nitrogen and oxygen atoms in total. The van der Waals surface area contributed by atoms with Crippen molar-refractivity contribution in [1.82, 2.24) is 0 Å². The van der Waals surface area contributed by atoms with Gasteiger partial charge >= 0.3 is 0 Å². The van der Waals surface area contributed by atoms with E-state index in [0.29, 0.717) is 12.6 Å². The van der Waals surface area contributed by atoms with E-state index in [4.69, 9.17) is 19.9 Å². The Bertz CT molecular complexity index is 744. The van der Waals surface area contributed by atoms with Crippen LogP contribution in [0.5, 0.6) is 0 Å². The lowest BCUT2D eigenvalue weighted by atomic mass is 9.65. The first-order valence-corrected chi connectivity index (χ1v) is 13.0. The molecule has 1 aromatic rings. The number of aliphatic imine (C=N–C) groups is 1. The van der Waals surface area contributed by atoms with Crippen LogP contribution in [-0.4, -0.2) is 27.6 Å². The molecule has 1 heterocycles. The van der Waals surface area contributed by atoms with Crippen molar-refractivity contribution in [2.75, 3.05) is 13.2 Å². The maximum Gasteiger partial charge on any atom is 0.283 e. The average molecular weight is 439 g/mol. The first-order chi connectivity index (χ1) is 11.9. The van der Waals surface area contributed by atoms with Crippen LogP contribution in [0.25, 0.3) is 0 Å². The molecule has 1 aliphatic carbocycles. The first kappa shape index (κ1) is 19.9. The lowest BCUT2D eigenvalue weighted by Gasteiger charge is -2.45. The molecule has 2 N–H and O–H groups in total. The van der Waals surface area contributed by atoms with Crippen molar-refractivity contribution in [2.24, 2.45) is 16.1 Å². The molecule has 2 aliphatic rings. The van der Waals surface area contributed by atoms with Crippen molar-refractivity contribution in [3.05, 3.63) is 33.8 Å². The standard InChI is InChI=1S/C20H31BrN2O2Si/c1-18(2,3)26(5,6)25-12-19(4)10-14-7-8-15(21)9-16(14)20(11-19)13-24-17(22)23-20/h7-9H,10-13H2,1-6H3,(H2,22,23). The number of fused-ring (bicyclic) bond motifs is 2. The van der Waals surface area contributed by atoms with Gasteiger partial charge in [0.1, 0.15) is 12.1 Å². The van der Waals surface area contributed by atoms with Gasteiger partial charge in [-0.25, -0.2) is 4.99 Å². The zero-order valence-corrected chi connectivity index (χ0v) is 19.4. The minimum atomic E-state index is -1.80. The van der Waals surface area contributed by atoms with Gasteiger partial charge in [0.2, 0.25) is 0 Å². The van der Waals surface area contributed by atoms with Crippen molar-refractivity contribution in [2.45, 2.75) is 64.2 Å². The second kappa shape index (κ2) is 6.35. The molecule has 3 rings (SSSR count). The number of rotatable bonds is 3. The van der Waals surface area contributed by atoms with Gasteiger partial charge in [-0.2, -0.15) is 0 Å². The number of nitrogens with zero attached hydrogens (tertiary/aromatic N) is 1. The summed E-state index contributed by atoms with van der Waals surface area (Å²) in [6.45, 7) is 15.1. The van der Waals surface area contributed by atoms with E-state index in [-0.39, 0.29) is 10.5 Å². The Kier molecular flexibility index (Phi) is 4.86. The van der Waals surface area contributed by atoms with Crippen molar-refractivity contribution in [1.29, 1.82) is 0 Å². The Labute approximate surface area is 166 Å². The third kappa shape index (κ3) is 3.60. The Morgan fingerprint density at radius 1 is 1.35 bits per heavy atom. The SMILES string of the molecule is CC1(CO[Si](C)(C)C(C)(C)C)Cc2ccc(Br)cc2C2(COC(N)=N2)C1. The molecule has 0 aromatic heterocycles. The number of hydrogen-bond acceptors (Lipinski definition) is 4. The van der Waals surface area contributed by atoms with E-state index in [1.807, 2.05) is 0 Å². The highest BCUT2D eigenvalue weighted by molar-refractivity contribution is 9.10. The Hall–Kier alpha value is -0.853. The van der Waals surface area contributed by atoms with Gasteiger partial charge in [-0.3, -0.25) is 0 Å². The van der Waals surface area contributed by atoms with Crippen LogP contribution >= 0.6 is 15.9 Å². The van der Waals surface area contributed by atoms with E-state index in [9.17, 15) is 0 Å². The molecule has 0 fully saturated rings. The maximum absolute atomic E-state index is 6.61. The smallest absolute Gasteiger partial charge is 0.283 e. The van der Waals surface area contributed by atoms with Crippen molar-refractivity contribution in [3.63, 3.8) is 0 Å². The summed E-state index contributed by atoms with van der Waals surface area (Å²) in [7, 11) is -1.80. The predicted octanol–water partition coefficient (Wildman–Crippen LogP) is 4.96. The number of benzene rings is 1. The highest BCUT2D eigenvalue weighted by Gasteiger charge is 2.50. The van der Waals surface area contributed by atoms with E-state index in [1.54, 1.807) is 0 Å². The lowest BCUT2D eigenvalue weighted by molar-refractivity contribution is 0.0848. The maximum atomic E-state index is 6.61. The van der Waals surface area contributed by atoms with Crippen LogP contribution in [0, 0.1) is 5.41 Å². The second-order valence-corrected chi connectivity index (χ2v) is 15.5. The molecule has 2 atom stereocenters. The molecule has 0 saturated carbocycles. The highest BCUT2D eigenvalue weighted by atomic mass is 79.9. The Morgan fingerprint density at radius 3 is 2.62 bits per heavy atom. The molecule has 6 heteroatoms. The van der Waals surface area contributed by atoms with Gasteiger partial charge in [-0.15, -0.1) is 0 Å². The zero-order chi connectivity index (χ0) is 19.4. The van der Waals surface area contributed by atoms with Crippen LogP contribution in [0.15, 0.2) is 27.7 Å². The minimum absolute atomic E-state index is 0.00777. The fourth-order valence-corrected chi connectivity index (χ4v) is 5.33. The van der Waals surface area contributed by atoms with Gasteiger partial charge in [-0.05, 0) is 59.6 Å². The average Bonchev–Trinajstić information content (AvgIpc) is 2.87. The van der Waals surface area contributed by atoms with Gasteiger partial charge in [0.15, 0.2) is 8.32 Å². The van der Waals surface area contributed by atoms with E-state index in [2.05, 4.69) is 74.9 Å². The molecule has 26 heavy (non-hydrogen) atoms. The van der Waals surface area contributed by atoms with Crippen LogP contribution in [-0.2, 0) is 21.1 Å². The molecular weight excluding hydrogens is 408 g/mol. The van der Waals surface area contributed by atoms with E-state index >= 15 is 0 Å². The number of amidine groups is 1. The molecule has 0 saturated heterocycles. The molecule has 2 unspecified atom stereocenters. The van der Waals surface area contributed by atoms with E-state index in [1.165, 1.54) is 11.1 Å². The summed E-state index contributed by atoms with van der Waals surface area (Å²) in [6.07, 6.45) is 1.88. The summed E-state index contributed by atoms with van der Waals surface area (Å²) in [4.78, 5) is 4.76. The summed E-state index contributed by atoms with van der Waals surface area (Å²) >= 11 is 3.60. The van der Waals surface area contributed by atoms with Crippen molar-refractivity contribution in [3.8, 4) is 0 Å². The van der Waals surface area contributed by atoms with Crippen LogP contribution < -0.4 is 5.73 Å². The summed E-state index contributed by atoms with van der Waals surface area (Å²) in [5.41, 5.74) is 8.08. The molecule has 1 aliphatic heterocycles. The van der Waals surface area contributed by atoms with E-state index < -0.39 is 13.9 Å². The van der Waals surface area contributed by atoms with Gasteiger partial charge in [0, 0.05) is 11.1 Å². The molecule has 1 aromatic carbocycles. The van der Waals surface area contributed by atoms with Crippen LogP contribution in [0.3, 0.4) is 0 Å². The topological polar surface area (TPSA) is 56.8 Å². The molecular formula is C20H31BrN2O2Si. The molecule has 1 spiro atoms. The predicted molar refractivity (Wildman–Crippen MR) is 113 cm³/mol. The summed E-state index contributed by atoms with van der Waals surface area (Å²) in [5.74, 6) is 0. The summed E-state index contributed by atoms with van der Waals surface area (Å²) < 4.78 is 13.3. The first-order valence-electron chi connectivity index (χ1n) is 9.27. The van der Waals surface area contributed by atoms with Crippen molar-refractivity contribution >= 4 is 30.3 Å². The molecule has 0 radical (unpaired) electrons. The van der Waals surface area contributed by atoms with Gasteiger partial charge in [0.25, 0.3) is 6.02 Å². The minimum Gasteiger partial charge on any atom is -0.462 e. The lowest BCUT2D eigenvalue weighted by Crippen LogP contribution is -2.47. The Morgan fingerprint density at radius 2 is 2.04 bits per heavy atom. The summed E-state index contributed by atoms with van der Waals surface area (Å²) in [6, 6.07) is 6.78. The van der Waals surface area contributed by atoms with Gasteiger partial charge in [0.05, 0.1) is 0 Å². The second-order valence-electron chi connectivity index (χ2n) is 9.78. The third-order valence-corrected chi connectivity index (χ3v) is 11.3. The number of ether oxygens (including phenoxy) is 1. The largest absolute Gasteiger partial charge is 0.462 e. The molecule has 144 valence electrons. The molecule has 0 bridgehead atoms. The molecule has 0 amide bonds. The van der Waals surface area contributed by atoms with Crippen LogP contribution in [0.1, 0.15) is 45.2 Å². The normalized spacial score (nSPS) is 28.7. The summed E-state index contributed by atoms with van der Waals surface area (Å²) in [5, 5.41) is 0.206. The fraction of sp³-hybridized carbons (Fsp3) is 0.650. The Balaban J connectivity index is 1.93. The highest BCUT2D eigenvalue weighted by Crippen LogP contribution is 2.50. The number of nitrogens with two attached hydrogens (primary N) is 1. The third-order valence-electron chi connectivity index (χ3n) is 6.28. The fourth-order valence-electron chi connectivity index (χ4n) is 3.83. The number of halogens is 1. The number of hydrogen-bond donors (Lipinski definition) is 1. The van der Waals surface area contributed by atoms with E-state index in [0.717, 1.165) is 23.9 Å². The van der Waals surface area contributed by atoms with Crippen LogP contribution in [0.4, 0.5) is 0 Å². The monoisotopic (exact) mass is 438 g/mol. The quantitative estimate of drug-likeness (QED) is 0.677. The van der Waals surface area contributed by atoms with Gasteiger partial charge in [-0.1, -0.05) is 49.7 Å². The zero-order valence-electron chi connectivity index (χ0n) is 16.8.